The Morgan fingerprint density at radius 2 is 2.42 bits per heavy atom. The maximum absolute atomic E-state index is 11.2. The van der Waals surface area contributed by atoms with Crippen LogP contribution in [0.4, 0.5) is 0 Å². The molecule has 0 aliphatic carbocycles. The zero-order valence-corrected chi connectivity index (χ0v) is 7.26. The standard InChI is InChI=1S/C8H12N2O2/c1-5(2)9-8(11)7-4-6(3)12-10-7/h5H,3-4H2,1-2H3,(H,9,11). The molecule has 0 saturated carbocycles. The van der Waals surface area contributed by atoms with Gasteiger partial charge in [0.2, 0.25) is 0 Å². The molecule has 0 saturated heterocycles. The Bertz CT molecular complexity index is 243. The fourth-order valence-electron chi connectivity index (χ4n) is 0.838. The van der Waals surface area contributed by atoms with Gasteiger partial charge in [0.05, 0.1) is 6.42 Å². The third-order valence-electron chi connectivity index (χ3n) is 1.33. The summed E-state index contributed by atoms with van der Waals surface area (Å²) in [6, 6.07) is 0.120. The molecule has 1 amide bonds. The van der Waals surface area contributed by atoms with Crippen LogP contribution in [0.25, 0.3) is 0 Å². The number of allylic oxidation sites excluding steroid dienone is 1. The first-order valence-corrected chi connectivity index (χ1v) is 3.82. The second-order valence-electron chi connectivity index (χ2n) is 2.97. The molecule has 0 spiro atoms. The summed E-state index contributed by atoms with van der Waals surface area (Å²) in [6.07, 6.45) is 0.415. The highest BCUT2D eigenvalue weighted by atomic mass is 16.6. The van der Waals surface area contributed by atoms with Gasteiger partial charge in [0.15, 0.2) is 5.71 Å². The van der Waals surface area contributed by atoms with Crippen molar-refractivity contribution in [1.82, 2.24) is 5.32 Å². The molecule has 0 aromatic carbocycles. The van der Waals surface area contributed by atoms with Crippen molar-refractivity contribution in [1.29, 1.82) is 0 Å². The summed E-state index contributed by atoms with van der Waals surface area (Å²) in [6.45, 7) is 7.33. The number of rotatable bonds is 2. The zero-order valence-electron chi connectivity index (χ0n) is 7.26. The second-order valence-corrected chi connectivity index (χ2v) is 2.97. The van der Waals surface area contributed by atoms with Gasteiger partial charge in [0, 0.05) is 6.04 Å². The molecule has 0 atom stereocenters. The van der Waals surface area contributed by atoms with Crippen LogP contribution in [-0.4, -0.2) is 17.7 Å². The van der Waals surface area contributed by atoms with Crippen LogP contribution in [0.1, 0.15) is 20.3 Å². The fraction of sp³-hybridized carbons (Fsp3) is 0.500. The lowest BCUT2D eigenvalue weighted by molar-refractivity contribution is -0.115. The van der Waals surface area contributed by atoms with Gasteiger partial charge in [-0.05, 0) is 13.8 Å². The van der Waals surface area contributed by atoms with E-state index in [-0.39, 0.29) is 11.9 Å². The number of oxime groups is 1. The molecule has 0 unspecified atom stereocenters. The molecule has 4 nitrogen and oxygen atoms in total. The van der Waals surface area contributed by atoms with Gasteiger partial charge in [-0.1, -0.05) is 11.7 Å². The monoisotopic (exact) mass is 168 g/mol. The second kappa shape index (κ2) is 3.38. The topological polar surface area (TPSA) is 50.7 Å². The van der Waals surface area contributed by atoms with E-state index in [1.54, 1.807) is 0 Å². The van der Waals surface area contributed by atoms with E-state index in [2.05, 4.69) is 17.1 Å². The van der Waals surface area contributed by atoms with Crippen LogP contribution in [0.3, 0.4) is 0 Å². The highest BCUT2D eigenvalue weighted by Crippen LogP contribution is 2.11. The Hall–Kier alpha value is -1.32. The molecule has 0 bridgehead atoms. The molecule has 1 rings (SSSR count). The molecule has 0 aromatic rings. The average Bonchev–Trinajstić information content (AvgIpc) is 2.34. The summed E-state index contributed by atoms with van der Waals surface area (Å²) in [7, 11) is 0. The van der Waals surface area contributed by atoms with Gasteiger partial charge in [-0.25, -0.2) is 0 Å². The number of amides is 1. The van der Waals surface area contributed by atoms with Crippen molar-refractivity contribution in [3.8, 4) is 0 Å². The van der Waals surface area contributed by atoms with E-state index in [4.69, 9.17) is 4.84 Å². The van der Waals surface area contributed by atoms with Crippen molar-refractivity contribution in [3.05, 3.63) is 12.3 Å². The molecule has 12 heavy (non-hydrogen) atoms. The van der Waals surface area contributed by atoms with Crippen molar-refractivity contribution in [2.75, 3.05) is 0 Å². The molecule has 0 radical (unpaired) electrons. The van der Waals surface area contributed by atoms with Gasteiger partial charge >= 0.3 is 0 Å². The zero-order chi connectivity index (χ0) is 9.14. The Balaban J connectivity index is 2.49. The van der Waals surface area contributed by atoms with Crippen molar-refractivity contribution in [2.45, 2.75) is 26.3 Å². The van der Waals surface area contributed by atoms with Crippen LogP contribution in [0.15, 0.2) is 17.5 Å². The predicted octanol–water partition coefficient (Wildman–Crippen LogP) is 0.801. The predicted molar refractivity (Wildman–Crippen MR) is 45.6 cm³/mol. The minimum Gasteiger partial charge on any atom is -0.361 e. The van der Waals surface area contributed by atoms with Crippen molar-refractivity contribution in [2.24, 2.45) is 5.16 Å². The molecule has 66 valence electrons. The molecule has 1 aliphatic heterocycles. The van der Waals surface area contributed by atoms with E-state index in [0.29, 0.717) is 17.9 Å². The molecule has 1 N–H and O–H groups in total. The first-order valence-electron chi connectivity index (χ1n) is 3.82. The van der Waals surface area contributed by atoms with Gasteiger partial charge in [-0.3, -0.25) is 4.79 Å². The van der Waals surface area contributed by atoms with Crippen LogP contribution in [0.5, 0.6) is 0 Å². The highest BCUT2D eigenvalue weighted by molar-refractivity contribution is 6.39. The summed E-state index contributed by atoms with van der Waals surface area (Å²) in [5.74, 6) is 0.340. The summed E-state index contributed by atoms with van der Waals surface area (Å²) in [4.78, 5) is 15.9. The lowest BCUT2D eigenvalue weighted by Gasteiger charge is -2.05. The van der Waals surface area contributed by atoms with Crippen LogP contribution in [-0.2, 0) is 9.63 Å². The normalized spacial score (nSPS) is 15.9. The number of nitrogens with one attached hydrogen (secondary N) is 1. The molecule has 0 fully saturated rings. The van der Waals surface area contributed by atoms with Gasteiger partial charge in [0.25, 0.3) is 5.91 Å². The number of nitrogens with zero attached hydrogens (tertiary/aromatic N) is 1. The maximum Gasteiger partial charge on any atom is 0.269 e. The summed E-state index contributed by atoms with van der Waals surface area (Å²) in [5, 5.41) is 6.29. The minimum atomic E-state index is -0.177. The lowest BCUT2D eigenvalue weighted by Crippen LogP contribution is -2.35. The lowest BCUT2D eigenvalue weighted by atomic mass is 10.2. The summed E-state index contributed by atoms with van der Waals surface area (Å²) >= 11 is 0. The van der Waals surface area contributed by atoms with E-state index in [9.17, 15) is 4.79 Å². The van der Waals surface area contributed by atoms with Crippen LogP contribution < -0.4 is 5.32 Å². The van der Waals surface area contributed by atoms with E-state index < -0.39 is 0 Å². The minimum absolute atomic E-state index is 0.120. The summed E-state index contributed by atoms with van der Waals surface area (Å²) in [5.41, 5.74) is 0.397. The third-order valence-corrected chi connectivity index (χ3v) is 1.33. The van der Waals surface area contributed by atoms with E-state index >= 15 is 0 Å². The third kappa shape index (κ3) is 2.08. The molecular formula is C8H12N2O2. The van der Waals surface area contributed by atoms with Crippen LogP contribution in [0, 0.1) is 0 Å². The SMILES string of the molecule is C=C1CC(C(=O)NC(C)C)=NO1. The Morgan fingerprint density at radius 1 is 1.75 bits per heavy atom. The van der Waals surface area contributed by atoms with Gasteiger partial charge in [0.1, 0.15) is 5.76 Å². The summed E-state index contributed by atoms with van der Waals surface area (Å²) < 4.78 is 0. The van der Waals surface area contributed by atoms with E-state index in [1.807, 2.05) is 13.8 Å². The Labute approximate surface area is 71.3 Å². The smallest absolute Gasteiger partial charge is 0.269 e. The Kier molecular flexibility index (Phi) is 2.47. The van der Waals surface area contributed by atoms with Gasteiger partial charge in [-0.15, -0.1) is 0 Å². The van der Waals surface area contributed by atoms with Crippen LogP contribution >= 0.6 is 0 Å². The number of hydrogen-bond acceptors (Lipinski definition) is 3. The molecule has 1 heterocycles. The molecular weight excluding hydrogens is 156 g/mol. The maximum atomic E-state index is 11.2. The average molecular weight is 168 g/mol. The van der Waals surface area contributed by atoms with Crippen molar-refractivity contribution < 1.29 is 9.63 Å². The number of carbonyl (C=O) groups excluding carboxylic acids is 1. The Morgan fingerprint density at radius 3 is 2.83 bits per heavy atom. The number of carbonyl (C=O) groups is 1. The van der Waals surface area contributed by atoms with E-state index in [0.717, 1.165) is 0 Å². The highest BCUT2D eigenvalue weighted by Gasteiger charge is 2.20. The van der Waals surface area contributed by atoms with E-state index in [1.165, 1.54) is 0 Å². The first kappa shape index (κ1) is 8.77. The molecule has 1 aliphatic rings. The molecule has 4 heteroatoms. The van der Waals surface area contributed by atoms with Gasteiger partial charge in [-0.2, -0.15) is 0 Å². The first-order chi connectivity index (χ1) is 5.59. The van der Waals surface area contributed by atoms with Crippen molar-refractivity contribution in [3.63, 3.8) is 0 Å². The number of hydrogen-bond donors (Lipinski definition) is 1. The van der Waals surface area contributed by atoms with Crippen LogP contribution in [0.2, 0.25) is 0 Å². The quantitative estimate of drug-likeness (QED) is 0.663. The molecule has 0 aromatic heterocycles. The fourth-order valence-corrected chi connectivity index (χ4v) is 0.838. The largest absolute Gasteiger partial charge is 0.361 e. The van der Waals surface area contributed by atoms with Gasteiger partial charge < -0.3 is 10.2 Å². The van der Waals surface area contributed by atoms with Crippen molar-refractivity contribution >= 4 is 11.6 Å².